The Bertz CT molecular complexity index is 188. The maximum Gasteiger partial charge on any atom is 0.0295 e. The third-order valence-electron chi connectivity index (χ3n) is 3.67. The van der Waals surface area contributed by atoms with Crippen LogP contribution in [-0.2, 0) is 0 Å². The Hall–Kier alpha value is 0.310. The molecule has 76 valence electrons. The molecule has 2 heteroatoms. The van der Waals surface area contributed by atoms with Gasteiger partial charge in [-0.15, -0.1) is 0 Å². The van der Waals surface area contributed by atoms with Crippen LogP contribution in [0.4, 0.5) is 0 Å². The van der Waals surface area contributed by atoms with Crippen LogP contribution in [0.25, 0.3) is 0 Å². The normalized spacial score (nSPS) is 28.6. The first kappa shape index (κ1) is 9.85. The molecule has 0 aromatic rings. The van der Waals surface area contributed by atoms with Crippen molar-refractivity contribution in [1.29, 1.82) is 0 Å². The van der Waals surface area contributed by atoms with Crippen LogP contribution in [0, 0.1) is 5.41 Å². The predicted octanol–water partition coefficient (Wildman–Crippen LogP) is 2.79. The van der Waals surface area contributed by atoms with E-state index >= 15 is 0 Å². The van der Waals surface area contributed by atoms with Crippen molar-refractivity contribution in [3.05, 3.63) is 0 Å². The van der Waals surface area contributed by atoms with Crippen molar-refractivity contribution in [2.24, 2.45) is 11.1 Å². The lowest BCUT2D eigenvalue weighted by molar-refractivity contribution is -0.00154. The molecule has 2 N–H and O–H groups in total. The monoisotopic (exact) mass is 199 g/mol. The summed E-state index contributed by atoms with van der Waals surface area (Å²) in [7, 11) is 0. The van der Waals surface area contributed by atoms with Gasteiger partial charge in [-0.1, -0.05) is 20.3 Å². The highest BCUT2D eigenvalue weighted by Crippen LogP contribution is 2.64. The van der Waals surface area contributed by atoms with Crippen molar-refractivity contribution in [2.75, 3.05) is 6.54 Å². The van der Waals surface area contributed by atoms with Gasteiger partial charge in [0, 0.05) is 11.3 Å². The fourth-order valence-electron chi connectivity index (χ4n) is 3.12. The number of hydrogen-bond donors (Lipinski definition) is 1. The highest BCUT2D eigenvalue weighted by Gasteiger charge is 2.56. The highest BCUT2D eigenvalue weighted by molar-refractivity contribution is 8.01. The van der Waals surface area contributed by atoms with Gasteiger partial charge in [0.05, 0.1) is 0 Å². The molecule has 1 spiro atoms. The molecule has 0 atom stereocenters. The summed E-state index contributed by atoms with van der Waals surface area (Å²) >= 11 is 2.12. The van der Waals surface area contributed by atoms with Crippen molar-refractivity contribution in [3.63, 3.8) is 0 Å². The van der Waals surface area contributed by atoms with Crippen molar-refractivity contribution >= 4 is 11.8 Å². The molecule has 2 saturated carbocycles. The molecule has 0 heterocycles. The molecule has 0 amide bonds. The Morgan fingerprint density at radius 3 is 2.23 bits per heavy atom. The average Bonchev–Trinajstić information content (AvgIpc) is 1.91. The summed E-state index contributed by atoms with van der Waals surface area (Å²) in [5.74, 6) is 0. The van der Waals surface area contributed by atoms with E-state index in [-0.39, 0.29) is 0 Å². The third kappa shape index (κ3) is 1.63. The fraction of sp³-hybridized carbons (Fsp3) is 1.00. The van der Waals surface area contributed by atoms with Gasteiger partial charge in [-0.05, 0) is 36.3 Å². The van der Waals surface area contributed by atoms with E-state index in [1.54, 1.807) is 0 Å². The zero-order chi connectivity index (χ0) is 9.53. The second kappa shape index (κ2) is 3.16. The van der Waals surface area contributed by atoms with E-state index in [0.29, 0.717) is 4.75 Å². The second-order valence-corrected chi connectivity index (χ2v) is 7.31. The molecule has 0 unspecified atom stereocenters. The second-order valence-electron chi connectivity index (χ2n) is 5.26. The quantitative estimate of drug-likeness (QED) is 0.756. The first-order valence-electron chi connectivity index (χ1n) is 5.48. The molecule has 0 aromatic carbocycles. The predicted molar refractivity (Wildman–Crippen MR) is 60.0 cm³/mol. The molecule has 2 aliphatic carbocycles. The first-order chi connectivity index (χ1) is 6.10. The highest BCUT2D eigenvalue weighted by atomic mass is 32.2. The Kier molecular flexibility index (Phi) is 2.40. The van der Waals surface area contributed by atoms with E-state index in [4.69, 9.17) is 5.73 Å². The summed E-state index contributed by atoms with van der Waals surface area (Å²) in [5, 5.41) is 0.737. The van der Waals surface area contributed by atoms with E-state index in [9.17, 15) is 0 Å². The minimum absolute atomic E-state index is 0.467. The molecule has 0 aromatic heterocycles. The SMILES string of the molecule is CC(C)SC1(CN)CC2(CCC2)C1. The molecule has 0 saturated heterocycles. The summed E-state index contributed by atoms with van der Waals surface area (Å²) in [4.78, 5) is 0. The molecular formula is C11H21NS. The van der Waals surface area contributed by atoms with Gasteiger partial charge >= 0.3 is 0 Å². The summed E-state index contributed by atoms with van der Waals surface area (Å²) in [5.41, 5.74) is 6.66. The van der Waals surface area contributed by atoms with Crippen LogP contribution in [-0.4, -0.2) is 16.5 Å². The average molecular weight is 199 g/mol. The fourth-order valence-corrected chi connectivity index (χ4v) is 5.00. The maximum absolute atomic E-state index is 5.90. The van der Waals surface area contributed by atoms with E-state index in [0.717, 1.165) is 17.2 Å². The lowest BCUT2D eigenvalue weighted by atomic mass is 9.51. The van der Waals surface area contributed by atoms with Crippen molar-refractivity contribution < 1.29 is 0 Å². The van der Waals surface area contributed by atoms with Gasteiger partial charge < -0.3 is 5.73 Å². The van der Waals surface area contributed by atoms with Crippen molar-refractivity contribution in [3.8, 4) is 0 Å². The third-order valence-corrected chi connectivity index (χ3v) is 5.09. The van der Waals surface area contributed by atoms with Crippen LogP contribution in [0.3, 0.4) is 0 Å². The van der Waals surface area contributed by atoms with Gasteiger partial charge in [0.25, 0.3) is 0 Å². The topological polar surface area (TPSA) is 26.0 Å². The number of hydrogen-bond acceptors (Lipinski definition) is 2. The molecule has 13 heavy (non-hydrogen) atoms. The molecule has 2 aliphatic rings. The Morgan fingerprint density at radius 1 is 1.31 bits per heavy atom. The van der Waals surface area contributed by atoms with Gasteiger partial charge in [-0.3, -0.25) is 0 Å². The minimum Gasteiger partial charge on any atom is -0.329 e. The van der Waals surface area contributed by atoms with Gasteiger partial charge in [0.15, 0.2) is 0 Å². The standard InChI is InChI=1S/C11H21NS/c1-9(2)13-11(8-12)6-10(7-11)4-3-5-10/h9H,3-8,12H2,1-2H3. The summed E-state index contributed by atoms with van der Waals surface area (Å²) in [6.07, 6.45) is 7.23. The van der Waals surface area contributed by atoms with Crippen LogP contribution >= 0.6 is 11.8 Å². The molecule has 0 aliphatic heterocycles. The summed E-state index contributed by atoms with van der Waals surface area (Å²) in [6, 6.07) is 0. The molecule has 1 nitrogen and oxygen atoms in total. The van der Waals surface area contributed by atoms with Crippen LogP contribution in [0.15, 0.2) is 0 Å². The van der Waals surface area contributed by atoms with Gasteiger partial charge in [0.2, 0.25) is 0 Å². The smallest absolute Gasteiger partial charge is 0.0295 e. The molecule has 0 radical (unpaired) electrons. The number of nitrogens with two attached hydrogens (primary N) is 1. The molecule has 2 fully saturated rings. The van der Waals surface area contributed by atoms with E-state index < -0.39 is 0 Å². The van der Waals surface area contributed by atoms with Crippen LogP contribution in [0.2, 0.25) is 0 Å². The molecule has 0 bridgehead atoms. The van der Waals surface area contributed by atoms with Crippen LogP contribution in [0.1, 0.15) is 46.0 Å². The molecular weight excluding hydrogens is 178 g/mol. The largest absolute Gasteiger partial charge is 0.329 e. The Balaban J connectivity index is 1.90. The number of rotatable bonds is 3. The van der Waals surface area contributed by atoms with Crippen molar-refractivity contribution in [2.45, 2.75) is 55.9 Å². The number of thioether (sulfide) groups is 1. The maximum atomic E-state index is 5.90. The molecule has 2 rings (SSSR count). The Labute approximate surface area is 85.8 Å². The Morgan fingerprint density at radius 2 is 1.92 bits per heavy atom. The van der Waals surface area contributed by atoms with E-state index in [1.165, 1.54) is 32.1 Å². The van der Waals surface area contributed by atoms with Gasteiger partial charge in [0.1, 0.15) is 0 Å². The summed E-state index contributed by atoms with van der Waals surface area (Å²) in [6.45, 7) is 5.46. The van der Waals surface area contributed by atoms with E-state index in [1.807, 2.05) is 0 Å². The van der Waals surface area contributed by atoms with Crippen LogP contribution < -0.4 is 5.73 Å². The minimum atomic E-state index is 0.467. The summed E-state index contributed by atoms with van der Waals surface area (Å²) < 4.78 is 0.467. The lowest BCUT2D eigenvalue weighted by Gasteiger charge is -2.61. The van der Waals surface area contributed by atoms with Gasteiger partial charge in [-0.2, -0.15) is 11.8 Å². The van der Waals surface area contributed by atoms with E-state index in [2.05, 4.69) is 25.6 Å². The lowest BCUT2D eigenvalue weighted by Crippen LogP contribution is -2.57. The van der Waals surface area contributed by atoms with Crippen molar-refractivity contribution in [1.82, 2.24) is 0 Å². The zero-order valence-electron chi connectivity index (χ0n) is 8.81. The van der Waals surface area contributed by atoms with Crippen LogP contribution in [0.5, 0.6) is 0 Å². The zero-order valence-corrected chi connectivity index (χ0v) is 9.62. The van der Waals surface area contributed by atoms with Gasteiger partial charge in [-0.25, -0.2) is 0 Å². The first-order valence-corrected chi connectivity index (χ1v) is 6.36.